The average Bonchev–Trinajstić information content (AvgIpc) is 2.40. The molecule has 0 aliphatic carbocycles. The highest BCUT2D eigenvalue weighted by molar-refractivity contribution is 5.35. The first-order valence-corrected chi connectivity index (χ1v) is 5.77. The number of alkyl halides is 1. The monoisotopic (exact) mass is 248 g/mol. The van der Waals surface area contributed by atoms with E-state index in [0.29, 0.717) is 11.1 Å². The summed E-state index contributed by atoms with van der Waals surface area (Å²) >= 11 is 0. The number of hydrogen-bond donors (Lipinski definition) is 1. The Morgan fingerprint density at radius 3 is 2.00 bits per heavy atom. The molecule has 94 valence electrons. The summed E-state index contributed by atoms with van der Waals surface area (Å²) in [7, 11) is 0. The van der Waals surface area contributed by atoms with E-state index in [1.807, 2.05) is 6.07 Å². The number of benzene rings is 2. The summed E-state index contributed by atoms with van der Waals surface area (Å²) in [6.07, 6.45) is -0.0529. The van der Waals surface area contributed by atoms with Crippen molar-refractivity contribution in [3.05, 3.63) is 71.5 Å². The Morgan fingerprint density at radius 1 is 0.889 bits per heavy atom. The van der Waals surface area contributed by atoms with E-state index in [2.05, 4.69) is 0 Å². The minimum Gasteiger partial charge on any atom is -0.380 e. The van der Waals surface area contributed by atoms with Crippen LogP contribution in [0.3, 0.4) is 0 Å². The van der Waals surface area contributed by atoms with Crippen LogP contribution >= 0.6 is 0 Å². The van der Waals surface area contributed by atoms with E-state index in [1.54, 1.807) is 24.3 Å². The van der Waals surface area contributed by atoms with Crippen LogP contribution < -0.4 is 0 Å². The zero-order chi connectivity index (χ0) is 13.0. The molecule has 2 rings (SSSR count). The van der Waals surface area contributed by atoms with Crippen molar-refractivity contribution < 1.29 is 13.9 Å². The molecule has 0 saturated heterocycles. The average molecular weight is 248 g/mol. The Labute approximate surface area is 105 Å². The number of aliphatic hydroxyl groups is 1. The molecular weight excluding hydrogens is 234 g/mol. The molecule has 0 aliphatic heterocycles. The van der Waals surface area contributed by atoms with Gasteiger partial charge in [-0.3, -0.25) is 4.39 Å². The molecule has 0 aromatic heterocycles. The number of halogens is 2. The molecule has 0 fully saturated rings. The molecule has 2 aromatic carbocycles. The molecule has 1 unspecified atom stereocenters. The van der Waals surface area contributed by atoms with Crippen molar-refractivity contribution in [2.75, 3.05) is 6.67 Å². The van der Waals surface area contributed by atoms with Crippen LogP contribution in [-0.2, 0) is 5.60 Å². The summed E-state index contributed by atoms with van der Waals surface area (Å²) in [5, 5.41) is 10.7. The highest BCUT2D eigenvalue weighted by Crippen LogP contribution is 2.33. The second kappa shape index (κ2) is 5.27. The standard InChI is InChI=1S/C15H14F2O/c16-11-10-15(18,12-4-2-1-3-5-12)13-6-8-14(17)9-7-13/h1-9,18H,10-11H2. The summed E-state index contributed by atoms with van der Waals surface area (Å²) in [5.41, 5.74) is -0.314. The van der Waals surface area contributed by atoms with E-state index in [0.717, 1.165) is 0 Å². The lowest BCUT2D eigenvalue weighted by Gasteiger charge is -2.28. The normalized spacial score (nSPS) is 14.2. The molecule has 2 aromatic rings. The van der Waals surface area contributed by atoms with Crippen LogP contribution in [0.4, 0.5) is 8.78 Å². The fourth-order valence-corrected chi connectivity index (χ4v) is 2.03. The molecule has 0 heterocycles. The fourth-order valence-electron chi connectivity index (χ4n) is 2.03. The molecule has 0 bridgehead atoms. The minimum absolute atomic E-state index is 0.0529. The molecule has 0 spiro atoms. The van der Waals surface area contributed by atoms with E-state index >= 15 is 0 Å². The van der Waals surface area contributed by atoms with Gasteiger partial charge >= 0.3 is 0 Å². The van der Waals surface area contributed by atoms with Gasteiger partial charge in [0.25, 0.3) is 0 Å². The van der Waals surface area contributed by atoms with Crippen LogP contribution in [0.5, 0.6) is 0 Å². The smallest absolute Gasteiger partial charge is 0.123 e. The molecular formula is C15H14F2O. The maximum Gasteiger partial charge on any atom is 0.123 e. The Kier molecular flexibility index (Phi) is 3.72. The van der Waals surface area contributed by atoms with Crippen molar-refractivity contribution in [3.63, 3.8) is 0 Å². The van der Waals surface area contributed by atoms with Crippen molar-refractivity contribution in [2.24, 2.45) is 0 Å². The van der Waals surface area contributed by atoms with Crippen molar-refractivity contribution in [3.8, 4) is 0 Å². The van der Waals surface area contributed by atoms with E-state index < -0.39 is 12.3 Å². The summed E-state index contributed by atoms with van der Waals surface area (Å²) < 4.78 is 25.6. The van der Waals surface area contributed by atoms with E-state index in [4.69, 9.17) is 0 Å². The predicted molar refractivity (Wildman–Crippen MR) is 66.4 cm³/mol. The lowest BCUT2D eigenvalue weighted by molar-refractivity contribution is 0.0633. The highest BCUT2D eigenvalue weighted by atomic mass is 19.1. The molecule has 1 N–H and O–H groups in total. The molecule has 1 nitrogen and oxygen atoms in total. The quantitative estimate of drug-likeness (QED) is 0.879. The predicted octanol–water partition coefficient (Wildman–Crippen LogP) is 3.42. The zero-order valence-electron chi connectivity index (χ0n) is 9.81. The minimum atomic E-state index is -1.41. The first kappa shape index (κ1) is 12.7. The van der Waals surface area contributed by atoms with Crippen LogP contribution in [0.2, 0.25) is 0 Å². The molecule has 1 atom stereocenters. The molecule has 0 saturated carbocycles. The summed E-state index contributed by atoms with van der Waals surface area (Å²) in [5.74, 6) is -0.380. The lowest BCUT2D eigenvalue weighted by Crippen LogP contribution is -2.28. The van der Waals surface area contributed by atoms with Crippen molar-refractivity contribution in [1.29, 1.82) is 0 Å². The first-order chi connectivity index (χ1) is 8.66. The maximum absolute atomic E-state index is 12.9. The lowest BCUT2D eigenvalue weighted by atomic mass is 9.84. The van der Waals surface area contributed by atoms with Crippen molar-refractivity contribution in [2.45, 2.75) is 12.0 Å². The largest absolute Gasteiger partial charge is 0.380 e. The molecule has 0 aliphatic rings. The number of rotatable bonds is 4. The fraction of sp³-hybridized carbons (Fsp3) is 0.200. The van der Waals surface area contributed by atoms with Gasteiger partial charge in [-0.15, -0.1) is 0 Å². The van der Waals surface area contributed by atoms with E-state index in [9.17, 15) is 13.9 Å². The molecule has 3 heteroatoms. The summed E-state index contributed by atoms with van der Waals surface area (Å²) in [6, 6.07) is 14.4. The van der Waals surface area contributed by atoms with E-state index in [1.165, 1.54) is 24.3 Å². The third kappa shape index (κ3) is 2.41. The molecule has 18 heavy (non-hydrogen) atoms. The second-order valence-corrected chi connectivity index (χ2v) is 4.17. The molecule has 0 amide bonds. The summed E-state index contributed by atoms with van der Waals surface area (Å²) in [6.45, 7) is -0.650. The van der Waals surface area contributed by atoms with E-state index in [-0.39, 0.29) is 12.2 Å². The highest BCUT2D eigenvalue weighted by Gasteiger charge is 2.30. The third-order valence-electron chi connectivity index (χ3n) is 3.03. The van der Waals surface area contributed by atoms with Gasteiger partial charge in [-0.1, -0.05) is 42.5 Å². The molecule has 0 radical (unpaired) electrons. The van der Waals surface area contributed by atoms with Gasteiger partial charge in [0, 0.05) is 6.42 Å². The maximum atomic E-state index is 12.9. The first-order valence-electron chi connectivity index (χ1n) is 5.77. The Bertz CT molecular complexity index is 496. The summed E-state index contributed by atoms with van der Waals surface area (Å²) in [4.78, 5) is 0. The van der Waals surface area contributed by atoms with Crippen LogP contribution in [0.15, 0.2) is 54.6 Å². The third-order valence-corrected chi connectivity index (χ3v) is 3.03. The zero-order valence-corrected chi connectivity index (χ0v) is 9.81. The van der Waals surface area contributed by atoms with Crippen molar-refractivity contribution >= 4 is 0 Å². The van der Waals surface area contributed by atoms with Crippen LogP contribution in [0, 0.1) is 5.82 Å². The van der Waals surface area contributed by atoms with Gasteiger partial charge in [0.05, 0.1) is 6.67 Å². The van der Waals surface area contributed by atoms with Crippen LogP contribution in [-0.4, -0.2) is 11.8 Å². The second-order valence-electron chi connectivity index (χ2n) is 4.17. The van der Waals surface area contributed by atoms with Crippen LogP contribution in [0.1, 0.15) is 17.5 Å². The Balaban J connectivity index is 2.47. The Morgan fingerprint density at radius 2 is 1.44 bits per heavy atom. The Hall–Kier alpha value is -1.74. The van der Waals surface area contributed by atoms with Gasteiger partial charge < -0.3 is 5.11 Å². The van der Waals surface area contributed by atoms with Gasteiger partial charge in [-0.05, 0) is 23.3 Å². The van der Waals surface area contributed by atoms with Gasteiger partial charge in [-0.25, -0.2) is 4.39 Å². The van der Waals surface area contributed by atoms with Gasteiger partial charge in [0.2, 0.25) is 0 Å². The van der Waals surface area contributed by atoms with Gasteiger partial charge in [-0.2, -0.15) is 0 Å². The van der Waals surface area contributed by atoms with Crippen LogP contribution in [0.25, 0.3) is 0 Å². The van der Waals surface area contributed by atoms with Gasteiger partial charge in [0.15, 0.2) is 0 Å². The van der Waals surface area contributed by atoms with Crippen molar-refractivity contribution in [1.82, 2.24) is 0 Å². The van der Waals surface area contributed by atoms with Gasteiger partial charge in [0.1, 0.15) is 11.4 Å². The topological polar surface area (TPSA) is 20.2 Å². The number of hydrogen-bond acceptors (Lipinski definition) is 1. The SMILES string of the molecule is OC(CCF)(c1ccccc1)c1ccc(F)cc1.